The molecule has 0 aliphatic heterocycles. The molecule has 0 aromatic heterocycles. The highest BCUT2D eigenvalue weighted by atomic mass is 19.4. The summed E-state index contributed by atoms with van der Waals surface area (Å²) in [5.41, 5.74) is 4.90. The van der Waals surface area contributed by atoms with Gasteiger partial charge >= 0.3 is 6.18 Å². The van der Waals surface area contributed by atoms with Gasteiger partial charge in [-0.2, -0.15) is 18.4 Å². The summed E-state index contributed by atoms with van der Waals surface area (Å²) in [6.45, 7) is -0.144. The maximum absolute atomic E-state index is 12.7. The number of alkyl halides is 3. The van der Waals surface area contributed by atoms with E-state index < -0.39 is 18.3 Å². The Labute approximate surface area is 96.6 Å². The minimum absolute atomic E-state index is 0.274. The van der Waals surface area contributed by atoms with E-state index in [1.165, 1.54) is 12.1 Å². The van der Waals surface area contributed by atoms with Crippen LogP contribution >= 0.6 is 0 Å². The van der Waals surface area contributed by atoms with E-state index in [0.717, 1.165) is 6.07 Å². The van der Waals surface area contributed by atoms with Crippen molar-refractivity contribution in [2.75, 3.05) is 13.2 Å². The Balaban J connectivity index is 3.09. The summed E-state index contributed by atoms with van der Waals surface area (Å²) in [5, 5.41) is 8.29. The Hall–Kier alpha value is -1.74. The second kappa shape index (κ2) is 5.55. The van der Waals surface area contributed by atoms with Crippen LogP contribution in [-0.2, 0) is 12.6 Å². The molecule has 0 saturated heterocycles. The lowest BCUT2D eigenvalue weighted by Crippen LogP contribution is -2.11. The lowest BCUT2D eigenvalue weighted by Gasteiger charge is -2.13. The number of hydrogen-bond donors (Lipinski definition) is 1. The van der Waals surface area contributed by atoms with Crippen molar-refractivity contribution in [1.29, 1.82) is 5.26 Å². The zero-order chi connectivity index (χ0) is 12.9. The van der Waals surface area contributed by atoms with Crippen molar-refractivity contribution in [3.8, 4) is 11.8 Å². The normalized spacial score (nSPS) is 11.0. The van der Waals surface area contributed by atoms with Gasteiger partial charge in [0.2, 0.25) is 0 Å². The molecular formula is C11H11F3N2O. The smallest absolute Gasteiger partial charge is 0.419 e. The van der Waals surface area contributed by atoms with Gasteiger partial charge in [0.15, 0.2) is 6.61 Å². The van der Waals surface area contributed by atoms with Crippen molar-refractivity contribution in [3.05, 3.63) is 29.3 Å². The number of nitrogens with two attached hydrogens (primary N) is 1. The Bertz CT molecular complexity index is 424. The molecule has 17 heavy (non-hydrogen) atoms. The van der Waals surface area contributed by atoms with Crippen LogP contribution in [0.3, 0.4) is 0 Å². The predicted molar refractivity (Wildman–Crippen MR) is 55.3 cm³/mol. The number of nitrogens with zero attached hydrogens (tertiary/aromatic N) is 1. The van der Waals surface area contributed by atoms with Crippen molar-refractivity contribution >= 4 is 0 Å². The maximum Gasteiger partial charge on any atom is 0.419 e. The van der Waals surface area contributed by atoms with E-state index in [9.17, 15) is 13.2 Å². The summed E-state index contributed by atoms with van der Waals surface area (Å²) in [6, 6.07) is 5.35. The fourth-order valence-electron chi connectivity index (χ4n) is 1.36. The molecule has 1 aromatic carbocycles. The SMILES string of the molecule is N#CCOc1ccc(CCN)cc1C(F)(F)F. The van der Waals surface area contributed by atoms with Gasteiger partial charge in [0.25, 0.3) is 0 Å². The Morgan fingerprint density at radius 3 is 2.59 bits per heavy atom. The topological polar surface area (TPSA) is 59.0 Å². The third-order valence-corrected chi connectivity index (χ3v) is 2.07. The van der Waals surface area contributed by atoms with E-state index in [4.69, 9.17) is 15.7 Å². The average Bonchev–Trinajstić information content (AvgIpc) is 2.26. The van der Waals surface area contributed by atoms with Gasteiger partial charge in [-0.1, -0.05) is 6.07 Å². The van der Waals surface area contributed by atoms with Crippen LogP contribution in [0.2, 0.25) is 0 Å². The van der Waals surface area contributed by atoms with Crippen LogP contribution in [0.5, 0.6) is 5.75 Å². The molecule has 0 fully saturated rings. The van der Waals surface area contributed by atoms with Gasteiger partial charge < -0.3 is 10.5 Å². The van der Waals surface area contributed by atoms with Crippen LogP contribution in [0.25, 0.3) is 0 Å². The fourth-order valence-corrected chi connectivity index (χ4v) is 1.36. The first-order valence-corrected chi connectivity index (χ1v) is 4.89. The van der Waals surface area contributed by atoms with Gasteiger partial charge in [0.05, 0.1) is 5.56 Å². The first-order chi connectivity index (χ1) is 7.99. The standard InChI is InChI=1S/C11H11F3N2O/c12-11(13,14)9-7-8(3-4-15)1-2-10(9)17-6-5-16/h1-2,7H,3-4,6,15H2. The molecule has 0 radical (unpaired) electrons. The van der Waals surface area contributed by atoms with E-state index in [-0.39, 0.29) is 12.3 Å². The predicted octanol–water partition coefficient (Wildman–Crippen LogP) is 2.11. The number of ether oxygens (including phenoxy) is 1. The van der Waals surface area contributed by atoms with Crippen LogP contribution in [0.15, 0.2) is 18.2 Å². The fraction of sp³-hybridized carbons (Fsp3) is 0.364. The molecule has 1 aromatic rings. The summed E-state index contributed by atoms with van der Waals surface area (Å²) in [5.74, 6) is -0.333. The molecule has 0 aliphatic rings. The largest absolute Gasteiger partial charge is 0.478 e. The Kier molecular flexibility index (Phi) is 4.35. The third kappa shape index (κ3) is 3.64. The van der Waals surface area contributed by atoms with Crippen molar-refractivity contribution in [2.45, 2.75) is 12.6 Å². The third-order valence-electron chi connectivity index (χ3n) is 2.07. The molecule has 0 bridgehead atoms. The van der Waals surface area contributed by atoms with E-state index in [0.29, 0.717) is 12.0 Å². The molecule has 1 rings (SSSR count). The van der Waals surface area contributed by atoms with Crippen molar-refractivity contribution in [3.63, 3.8) is 0 Å². The van der Waals surface area contributed by atoms with Crippen LogP contribution < -0.4 is 10.5 Å². The second-order valence-electron chi connectivity index (χ2n) is 3.31. The van der Waals surface area contributed by atoms with E-state index >= 15 is 0 Å². The minimum Gasteiger partial charge on any atom is -0.478 e. The average molecular weight is 244 g/mol. The van der Waals surface area contributed by atoms with E-state index in [1.807, 2.05) is 0 Å². The van der Waals surface area contributed by atoms with Crippen LogP contribution in [-0.4, -0.2) is 13.2 Å². The highest BCUT2D eigenvalue weighted by Crippen LogP contribution is 2.36. The molecule has 0 amide bonds. The molecule has 0 heterocycles. The molecule has 2 N–H and O–H groups in total. The monoisotopic (exact) mass is 244 g/mol. The minimum atomic E-state index is -4.50. The quantitative estimate of drug-likeness (QED) is 0.882. The number of rotatable bonds is 4. The van der Waals surface area contributed by atoms with Crippen molar-refractivity contribution in [2.24, 2.45) is 5.73 Å². The molecule has 92 valence electrons. The molecule has 0 spiro atoms. The summed E-state index contributed by atoms with van der Waals surface area (Å²) < 4.78 is 42.8. The molecule has 0 unspecified atom stereocenters. The van der Waals surface area contributed by atoms with Crippen molar-refractivity contribution in [1.82, 2.24) is 0 Å². The van der Waals surface area contributed by atoms with Crippen LogP contribution in [0.4, 0.5) is 13.2 Å². The van der Waals surface area contributed by atoms with E-state index in [1.54, 1.807) is 6.07 Å². The van der Waals surface area contributed by atoms with E-state index in [2.05, 4.69) is 0 Å². The van der Waals surface area contributed by atoms with Gasteiger partial charge in [-0.25, -0.2) is 0 Å². The summed E-state index contributed by atoms with van der Waals surface area (Å²) in [4.78, 5) is 0. The summed E-state index contributed by atoms with van der Waals surface area (Å²) >= 11 is 0. The lowest BCUT2D eigenvalue weighted by molar-refractivity contribution is -0.138. The molecule has 0 aliphatic carbocycles. The maximum atomic E-state index is 12.7. The Morgan fingerprint density at radius 2 is 2.06 bits per heavy atom. The number of nitriles is 1. The molecule has 3 nitrogen and oxygen atoms in total. The highest BCUT2D eigenvalue weighted by molar-refractivity contribution is 5.39. The van der Waals surface area contributed by atoms with Gasteiger partial charge in [0, 0.05) is 0 Å². The summed E-state index contributed by atoms with van der Waals surface area (Å²) in [6.07, 6.45) is -4.14. The molecule has 6 heteroatoms. The van der Waals surface area contributed by atoms with Crippen molar-refractivity contribution < 1.29 is 17.9 Å². The zero-order valence-electron chi connectivity index (χ0n) is 8.92. The van der Waals surface area contributed by atoms with Gasteiger partial charge in [0.1, 0.15) is 11.8 Å². The Morgan fingerprint density at radius 1 is 1.35 bits per heavy atom. The summed E-state index contributed by atoms with van der Waals surface area (Å²) in [7, 11) is 0. The van der Waals surface area contributed by atoms with Crippen LogP contribution in [0.1, 0.15) is 11.1 Å². The van der Waals surface area contributed by atoms with Crippen LogP contribution in [0, 0.1) is 11.3 Å². The zero-order valence-corrected chi connectivity index (χ0v) is 8.92. The molecular weight excluding hydrogens is 233 g/mol. The highest BCUT2D eigenvalue weighted by Gasteiger charge is 2.34. The first-order valence-electron chi connectivity index (χ1n) is 4.89. The second-order valence-corrected chi connectivity index (χ2v) is 3.31. The van der Waals surface area contributed by atoms with Gasteiger partial charge in [-0.15, -0.1) is 0 Å². The number of halogens is 3. The number of hydrogen-bond acceptors (Lipinski definition) is 3. The molecule has 0 atom stereocenters. The van der Waals surface area contributed by atoms with Gasteiger partial charge in [-0.05, 0) is 30.7 Å². The number of benzene rings is 1. The lowest BCUT2D eigenvalue weighted by atomic mass is 10.1. The van der Waals surface area contributed by atoms with Gasteiger partial charge in [-0.3, -0.25) is 0 Å². The first kappa shape index (κ1) is 13.3. The molecule has 0 saturated carbocycles.